The molecule has 1 aromatic heterocycles. The molecule has 0 aliphatic carbocycles. The van der Waals surface area contributed by atoms with E-state index < -0.39 is 14.9 Å². The van der Waals surface area contributed by atoms with Crippen LogP contribution in [0.15, 0.2) is 57.9 Å². The van der Waals surface area contributed by atoms with E-state index in [1.54, 1.807) is 24.3 Å². The van der Waals surface area contributed by atoms with Crippen LogP contribution < -0.4 is 10.0 Å². The van der Waals surface area contributed by atoms with Crippen molar-refractivity contribution in [2.45, 2.75) is 18.7 Å². The number of aryl methyl sites for hydroxylation is 2. The number of para-hydroxylation sites is 1. The van der Waals surface area contributed by atoms with Gasteiger partial charge in [-0.15, -0.1) is 0 Å². The summed E-state index contributed by atoms with van der Waals surface area (Å²) in [5.41, 5.74) is 1.05. The number of hydrogen-bond donors (Lipinski definition) is 2. The van der Waals surface area contributed by atoms with E-state index in [0.29, 0.717) is 11.4 Å². The van der Waals surface area contributed by atoms with Gasteiger partial charge >= 0.3 is 0 Å². The van der Waals surface area contributed by atoms with E-state index in [2.05, 4.69) is 15.2 Å². The first-order valence-electron chi connectivity index (χ1n) is 7.84. The zero-order valence-corrected chi connectivity index (χ0v) is 15.3. The second-order valence-electron chi connectivity index (χ2n) is 5.74. The van der Waals surface area contributed by atoms with Crippen LogP contribution in [-0.4, -0.2) is 18.5 Å². The van der Waals surface area contributed by atoms with Crippen LogP contribution in [0.2, 0.25) is 0 Å². The molecule has 3 aromatic rings. The summed E-state index contributed by atoms with van der Waals surface area (Å²) in [4.78, 5) is 10.4. The van der Waals surface area contributed by atoms with Crippen LogP contribution in [0.4, 0.5) is 22.7 Å². The minimum atomic E-state index is -4.06. The zero-order valence-electron chi connectivity index (χ0n) is 14.5. The van der Waals surface area contributed by atoms with E-state index in [4.69, 9.17) is 4.52 Å². The molecule has 2 aromatic carbocycles. The molecular weight excluding hydrogens is 372 g/mol. The van der Waals surface area contributed by atoms with E-state index in [1.165, 1.54) is 26.0 Å². The van der Waals surface area contributed by atoms with Crippen molar-refractivity contribution in [3.63, 3.8) is 0 Å². The number of anilines is 3. The van der Waals surface area contributed by atoms with Crippen LogP contribution in [0, 0.1) is 24.0 Å². The van der Waals surface area contributed by atoms with Gasteiger partial charge in [-0.05, 0) is 32.0 Å². The maximum Gasteiger partial charge on any atom is 0.271 e. The molecule has 3 rings (SSSR count). The molecule has 2 N–H and O–H groups in total. The predicted molar refractivity (Wildman–Crippen MR) is 99.6 cm³/mol. The van der Waals surface area contributed by atoms with E-state index in [1.807, 2.05) is 6.07 Å². The Morgan fingerprint density at radius 3 is 2.37 bits per heavy atom. The Balaban J connectivity index is 2.04. The Bertz CT molecular complexity index is 1070. The Hall–Kier alpha value is -3.40. The molecule has 0 bridgehead atoms. The van der Waals surface area contributed by atoms with Crippen molar-refractivity contribution < 1.29 is 17.9 Å². The Morgan fingerprint density at radius 1 is 1.07 bits per heavy atom. The number of benzene rings is 2. The minimum absolute atomic E-state index is 0.0352. The normalized spacial score (nSPS) is 11.2. The average Bonchev–Trinajstić information content (AvgIpc) is 2.96. The van der Waals surface area contributed by atoms with Gasteiger partial charge in [0.25, 0.3) is 15.7 Å². The Morgan fingerprint density at radius 2 is 1.78 bits per heavy atom. The monoisotopic (exact) mass is 388 g/mol. The fourth-order valence-corrected chi connectivity index (χ4v) is 3.97. The van der Waals surface area contributed by atoms with Gasteiger partial charge < -0.3 is 9.84 Å². The first-order chi connectivity index (χ1) is 12.8. The highest BCUT2D eigenvalue weighted by Gasteiger charge is 2.26. The smallest absolute Gasteiger partial charge is 0.271 e. The summed E-state index contributed by atoms with van der Waals surface area (Å²) in [6, 6.07) is 12.9. The fourth-order valence-electron chi connectivity index (χ4n) is 2.57. The van der Waals surface area contributed by atoms with Crippen molar-refractivity contribution >= 4 is 32.8 Å². The molecule has 0 fully saturated rings. The molecule has 0 saturated carbocycles. The number of nitro groups is 1. The highest BCUT2D eigenvalue weighted by Crippen LogP contribution is 2.32. The lowest BCUT2D eigenvalue weighted by atomic mass is 10.2. The number of non-ortho nitro benzene ring substituents is 1. The molecule has 0 spiro atoms. The lowest BCUT2D eigenvalue weighted by Crippen LogP contribution is -2.15. The van der Waals surface area contributed by atoms with Crippen molar-refractivity contribution in [2.75, 3.05) is 10.0 Å². The van der Waals surface area contributed by atoms with Crippen LogP contribution in [0.5, 0.6) is 0 Å². The Kier molecular flexibility index (Phi) is 4.82. The molecule has 9 nitrogen and oxygen atoms in total. The zero-order chi connectivity index (χ0) is 19.6. The number of hydrogen-bond acceptors (Lipinski definition) is 7. The molecule has 1 heterocycles. The molecule has 0 atom stereocenters. The van der Waals surface area contributed by atoms with Crippen molar-refractivity contribution in [3.05, 3.63) is 70.1 Å². The van der Waals surface area contributed by atoms with Crippen LogP contribution in [-0.2, 0) is 10.0 Å². The van der Waals surface area contributed by atoms with Crippen molar-refractivity contribution in [1.82, 2.24) is 5.16 Å². The molecule has 10 heteroatoms. The van der Waals surface area contributed by atoms with E-state index in [9.17, 15) is 18.5 Å². The van der Waals surface area contributed by atoms with Crippen molar-refractivity contribution in [2.24, 2.45) is 0 Å². The molecule has 0 aliphatic heterocycles. The maximum atomic E-state index is 12.8. The molecule has 0 radical (unpaired) electrons. The van der Waals surface area contributed by atoms with Crippen LogP contribution in [0.1, 0.15) is 11.5 Å². The SMILES string of the molecule is Cc1noc(C)c1S(=O)(=O)Nc1cc([N+](=O)[O-])ccc1Nc1ccccc1. The van der Waals surface area contributed by atoms with Gasteiger partial charge in [-0.1, -0.05) is 23.4 Å². The van der Waals surface area contributed by atoms with E-state index in [-0.39, 0.29) is 27.7 Å². The topological polar surface area (TPSA) is 127 Å². The number of aromatic nitrogens is 1. The highest BCUT2D eigenvalue weighted by molar-refractivity contribution is 7.92. The molecule has 0 saturated heterocycles. The third kappa shape index (κ3) is 3.90. The number of sulfonamides is 1. The first-order valence-corrected chi connectivity index (χ1v) is 9.32. The minimum Gasteiger partial charge on any atom is -0.360 e. The van der Waals surface area contributed by atoms with Crippen molar-refractivity contribution in [1.29, 1.82) is 0 Å². The summed E-state index contributed by atoms with van der Waals surface area (Å²) in [7, 11) is -4.06. The summed E-state index contributed by atoms with van der Waals surface area (Å²) < 4.78 is 32.9. The van der Waals surface area contributed by atoms with Gasteiger partial charge in [-0.25, -0.2) is 8.42 Å². The average molecular weight is 388 g/mol. The quantitative estimate of drug-likeness (QED) is 0.486. The lowest BCUT2D eigenvalue weighted by Gasteiger charge is -2.14. The third-order valence-electron chi connectivity index (χ3n) is 3.75. The van der Waals surface area contributed by atoms with Crippen LogP contribution in [0.25, 0.3) is 0 Å². The standard InChI is InChI=1S/C17H16N4O5S/c1-11-17(12(2)26-19-11)27(24,25)20-16-10-14(21(22)23)8-9-15(16)18-13-6-4-3-5-7-13/h3-10,18,20H,1-2H3. The van der Waals surface area contributed by atoms with Gasteiger partial charge in [-0.2, -0.15) is 0 Å². The molecule has 0 unspecified atom stereocenters. The molecule has 0 aliphatic rings. The third-order valence-corrected chi connectivity index (χ3v) is 5.36. The van der Waals surface area contributed by atoms with Gasteiger partial charge in [0.2, 0.25) is 0 Å². The van der Waals surface area contributed by atoms with Gasteiger partial charge in [0.15, 0.2) is 10.7 Å². The highest BCUT2D eigenvalue weighted by atomic mass is 32.2. The summed E-state index contributed by atoms with van der Waals surface area (Å²) in [5.74, 6) is 0.128. The number of rotatable bonds is 6. The second kappa shape index (κ2) is 7.08. The van der Waals surface area contributed by atoms with Gasteiger partial charge in [0, 0.05) is 17.8 Å². The van der Waals surface area contributed by atoms with Crippen molar-refractivity contribution in [3.8, 4) is 0 Å². The maximum absolute atomic E-state index is 12.8. The van der Waals surface area contributed by atoms with Crippen LogP contribution >= 0.6 is 0 Å². The molecule has 140 valence electrons. The number of nitrogens with one attached hydrogen (secondary N) is 2. The van der Waals surface area contributed by atoms with Crippen LogP contribution in [0.3, 0.4) is 0 Å². The van der Waals surface area contributed by atoms with E-state index in [0.717, 1.165) is 6.07 Å². The van der Waals surface area contributed by atoms with Gasteiger partial charge in [0.05, 0.1) is 16.3 Å². The summed E-state index contributed by atoms with van der Waals surface area (Å²) >= 11 is 0. The number of nitro benzene ring substituents is 1. The molecule has 27 heavy (non-hydrogen) atoms. The summed E-state index contributed by atoms with van der Waals surface area (Å²) in [6.07, 6.45) is 0. The second-order valence-corrected chi connectivity index (χ2v) is 7.36. The Labute approximate surface area is 155 Å². The predicted octanol–water partition coefficient (Wildman–Crippen LogP) is 3.74. The lowest BCUT2D eigenvalue weighted by molar-refractivity contribution is -0.384. The number of nitrogens with zero attached hydrogens (tertiary/aromatic N) is 2. The van der Waals surface area contributed by atoms with Gasteiger partial charge in [0.1, 0.15) is 5.69 Å². The molecular formula is C17H16N4O5S. The summed E-state index contributed by atoms with van der Waals surface area (Å²) in [5, 5.41) is 17.8. The van der Waals surface area contributed by atoms with Gasteiger partial charge in [-0.3, -0.25) is 14.8 Å². The fraction of sp³-hybridized carbons (Fsp3) is 0.118. The largest absolute Gasteiger partial charge is 0.360 e. The molecule has 0 amide bonds. The van der Waals surface area contributed by atoms with E-state index >= 15 is 0 Å². The summed E-state index contributed by atoms with van der Waals surface area (Å²) in [6.45, 7) is 2.98. The first kappa shape index (κ1) is 18.4.